The fourth-order valence-corrected chi connectivity index (χ4v) is 2.24. The highest BCUT2D eigenvalue weighted by Gasteiger charge is 2.28. The molecule has 1 rings (SSSR count). The molecular weight excluding hydrogens is 146 g/mol. The first-order valence-electron chi connectivity index (χ1n) is 4.86. The van der Waals surface area contributed by atoms with E-state index < -0.39 is 0 Å². The normalized spacial score (nSPS) is 31.2. The summed E-state index contributed by atoms with van der Waals surface area (Å²) in [6.07, 6.45) is 2.62. The van der Waals surface area contributed by atoms with Gasteiger partial charge in [-0.1, -0.05) is 19.1 Å². The Labute approximate surface area is 76.7 Å². The first-order chi connectivity index (χ1) is 5.38. The Morgan fingerprint density at radius 1 is 1.42 bits per heavy atom. The Bertz CT molecular complexity index is 176. The first kappa shape index (κ1) is 9.79. The summed E-state index contributed by atoms with van der Waals surface area (Å²) in [6, 6.07) is 0. The van der Waals surface area contributed by atoms with Crippen LogP contribution < -0.4 is 0 Å². The molecule has 0 aromatic heterocycles. The lowest BCUT2D eigenvalue weighted by molar-refractivity contribution is -0.873. The van der Waals surface area contributed by atoms with Gasteiger partial charge in [-0.15, -0.1) is 0 Å². The molecule has 0 bridgehead atoms. The van der Waals surface area contributed by atoms with Gasteiger partial charge in [0, 0.05) is 5.92 Å². The monoisotopic (exact) mass is 168 g/mol. The molecule has 1 fully saturated rings. The lowest BCUT2D eigenvalue weighted by Crippen LogP contribution is -2.38. The van der Waals surface area contributed by atoms with Gasteiger partial charge < -0.3 is 4.48 Å². The summed E-state index contributed by atoms with van der Waals surface area (Å²) in [5.41, 5.74) is 1.47. The lowest BCUT2D eigenvalue weighted by atomic mass is 10.1. The van der Waals surface area contributed by atoms with Crippen molar-refractivity contribution in [1.82, 2.24) is 0 Å². The van der Waals surface area contributed by atoms with E-state index in [0.29, 0.717) is 0 Å². The van der Waals surface area contributed by atoms with E-state index in [4.69, 9.17) is 0 Å². The van der Waals surface area contributed by atoms with Crippen molar-refractivity contribution in [3.8, 4) is 0 Å². The van der Waals surface area contributed by atoms with Crippen molar-refractivity contribution in [2.24, 2.45) is 11.8 Å². The molecule has 1 aliphatic rings. The molecule has 1 nitrogen and oxygen atoms in total. The van der Waals surface area contributed by atoms with Crippen LogP contribution in [0.25, 0.3) is 0 Å². The van der Waals surface area contributed by atoms with Crippen LogP contribution in [-0.2, 0) is 0 Å². The highest BCUT2D eigenvalue weighted by Crippen LogP contribution is 2.34. The molecule has 1 aliphatic carbocycles. The van der Waals surface area contributed by atoms with E-state index in [2.05, 4.69) is 34.6 Å². The molecule has 0 unspecified atom stereocenters. The van der Waals surface area contributed by atoms with Crippen LogP contribution in [0.2, 0.25) is 0 Å². The SMILES string of the molecule is C=C1C[C@H](C[N+](C)(C)C)C[C@H]1C. The molecular formula is C11H22N+. The maximum Gasteiger partial charge on any atom is 0.0812 e. The van der Waals surface area contributed by atoms with Gasteiger partial charge in [0.05, 0.1) is 27.7 Å². The molecule has 0 spiro atoms. The fourth-order valence-electron chi connectivity index (χ4n) is 2.24. The summed E-state index contributed by atoms with van der Waals surface area (Å²) in [5, 5.41) is 0. The van der Waals surface area contributed by atoms with Crippen molar-refractivity contribution in [3.05, 3.63) is 12.2 Å². The largest absolute Gasteiger partial charge is 0.331 e. The average Bonchev–Trinajstić information content (AvgIpc) is 2.07. The fraction of sp³-hybridized carbons (Fsp3) is 0.818. The minimum absolute atomic E-state index is 0.765. The molecule has 0 aromatic rings. The molecule has 0 aromatic carbocycles. The van der Waals surface area contributed by atoms with Gasteiger partial charge in [-0.2, -0.15) is 0 Å². The zero-order valence-electron chi connectivity index (χ0n) is 8.93. The molecule has 1 heteroatoms. The summed E-state index contributed by atoms with van der Waals surface area (Å²) in [6.45, 7) is 7.71. The van der Waals surface area contributed by atoms with Crippen LogP contribution in [-0.4, -0.2) is 32.2 Å². The third-order valence-corrected chi connectivity index (χ3v) is 2.74. The third-order valence-electron chi connectivity index (χ3n) is 2.74. The maximum absolute atomic E-state index is 4.11. The predicted octanol–water partition coefficient (Wildman–Crippen LogP) is 2.29. The Kier molecular flexibility index (Phi) is 2.62. The average molecular weight is 168 g/mol. The highest BCUT2D eigenvalue weighted by molar-refractivity contribution is 5.06. The van der Waals surface area contributed by atoms with E-state index in [0.717, 1.165) is 16.3 Å². The molecule has 12 heavy (non-hydrogen) atoms. The van der Waals surface area contributed by atoms with Crippen molar-refractivity contribution >= 4 is 0 Å². The van der Waals surface area contributed by atoms with Crippen molar-refractivity contribution in [3.63, 3.8) is 0 Å². The first-order valence-corrected chi connectivity index (χ1v) is 4.86. The standard InChI is InChI=1S/C11H22N/c1-9-6-11(7-10(9)2)8-12(3,4)5/h10-11H,1,6-8H2,2-5H3/q+1/t10-,11+/m1/s1. The minimum Gasteiger partial charge on any atom is -0.331 e. The quantitative estimate of drug-likeness (QED) is 0.438. The number of nitrogens with zero attached hydrogens (tertiary/aromatic N) is 1. The molecule has 2 atom stereocenters. The summed E-state index contributed by atoms with van der Waals surface area (Å²) < 4.78 is 1.09. The van der Waals surface area contributed by atoms with Gasteiger partial charge in [0.25, 0.3) is 0 Å². The maximum atomic E-state index is 4.11. The summed E-state index contributed by atoms with van der Waals surface area (Å²) in [5.74, 6) is 1.65. The Morgan fingerprint density at radius 2 is 2.00 bits per heavy atom. The zero-order valence-corrected chi connectivity index (χ0v) is 8.93. The van der Waals surface area contributed by atoms with Gasteiger partial charge in [-0.3, -0.25) is 0 Å². The predicted molar refractivity (Wildman–Crippen MR) is 53.9 cm³/mol. The number of allylic oxidation sites excluding steroid dienone is 1. The number of quaternary nitrogens is 1. The van der Waals surface area contributed by atoms with Gasteiger partial charge in [-0.05, 0) is 18.8 Å². The van der Waals surface area contributed by atoms with E-state index in [9.17, 15) is 0 Å². The molecule has 0 amide bonds. The van der Waals surface area contributed by atoms with Crippen molar-refractivity contribution in [2.75, 3.05) is 27.7 Å². The van der Waals surface area contributed by atoms with Gasteiger partial charge in [0.15, 0.2) is 0 Å². The van der Waals surface area contributed by atoms with Crippen LogP contribution in [0.1, 0.15) is 19.8 Å². The Balaban J connectivity index is 2.43. The molecule has 1 saturated carbocycles. The van der Waals surface area contributed by atoms with E-state index in [1.54, 1.807) is 0 Å². The number of rotatable bonds is 2. The van der Waals surface area contributed by atoms with Crippen molar-refractivity contribution in [1.29, 1.82) is 0 Å². The van der Waals surface area contributed by atoms with Gasteiger partial charge in [0.2, 0.25) is 0 Å². The van der Waals surface area contributed by atoms with Crippen molar-refractivity contribution < 1.29 is 4.48 Å². The second-order valence-electron chi connectivity index (χ2n) is 5.34. The smallest absolute Gasteiger partial charge is 0.0812 e. The molecule has 0 aliphatic heterocycles. The number of hydrogen-bond acceptors (Lipinski definition) is 0. The molecule has 0 saturated heterocycles. The van der Waals surface area contributed by atoms with Gasteiger partial charge in [-0.25, -0.2) is 0 Å². The molecule has 0 radical (unpaired) electrons. The molecule has 0 heterocycles. The van der Waals surface area contributed by atoms with E-state index in [-0.39, 0.29) is 0 Å². The Morgan fingerprint density at radius 3 is 2.33 bits per heavy atom. The second kappa shape index (κ2) is 3.21. The topological polar surface area (TPSA) is 0 Å². The van der Waals surface area contributed by atoms with Crippen LogP contribution in [0.5, 0.6) is 0 Å². The molecule has 70 valence electrons. The van der Waals surface area contributed by atoms with Gasteiger partial charge >= 0.3 is 0 Å². The second-order valence-corrected chi connectivity index (χ2v) is 5.34. The van der Waals surface area contributed by atoms with Crippen LogP contribution in [0.4, 0.5) is 0 Å². The summed E-state index contributed by atoms with van der Waals surface area (Å²) in [7, 11) is 6.81. The zero-order chi connectivity index (χ0) is 9.35. The summed E-state index contributed by atoms with van der Waals surface area (Å²) >= 11 is 0. The van der Waals surface area contributed by atoms with E-state index in [1.165, 1.54) is 25.0 Å². The lowest BCUT2D eigenvalue weighted by Gasteiger charge is -2.27. The minimum atomic E-state index is 0.765. The van der Waals surface area contributed by atoms with Crippen LogP contribution >= 0.6 is 0 Å². The van der Waals surface area contributed by atoms with Crippen molar-refractivity contribution in [2.45, 2.75) is 19.8 Å². The molecule has 0 N–H and O–H groups in total. The Hall–Kier alpha value is -0.300. The van der Waals surface area contributed by atoms with Gasteiger partial charge in [0.1, 0.15) is 0 Å². The highest BCUT2D eigenvalue weighted by atomic mass is 15.3. The van der Waals surface area contributed by atoms with Crippen LogP contribution in [0.15, 0.2) is 12.2 Å². The summed E-state index contributed by atoms with van der Waals surface area (Å²) in [4.78, 5) is 0. The van der Waals surface area contributed by atoms with Crippen LogP contribution in [0, 0.1) is 11.8 Å². The van der Waals surface area contributed by atoms with E-state index in [1.807, 2.05) is 0 Å². The number of hydrogen-bond donors (Lipinski definition) is 0. The van der Waals surface area contributed by atoms with E-state index >= 15 is 0 Å². The van der Waals surface area contributed by atoms with Crippen LogP contribution in [0.3, 0.4) is 0 Å². The third kappa shape index (κ3) is 2.63.